The molecule has 35 heavy (non-hydrogen) atoms. The van der Waals surface area contributed by atoms with Crippen molar-refractivity contribution >= 4 is 11.6 Å². The van der Waals surface area contributed by atoms with Crippen molar-refractivity contribution in [1.29, 1.82) is 0 Å². The summed E-state index contributed by atoms with van der Waals surface area (Å²) < 4.78 is 81.7. The molecule has 11 heteroatoms. The summed E-state index contributed by atoms with van der Waals surface area (Å²) in [5, 5.41) is 10.6. The number of hydrogen-bond acceptors (Lipinski definition) is 4. The number of ether oxygens (including phenoxy) is 1. The van der Waals surface area contributed by atoms with Crippen LogP contribution in [0.4, 0.5) is 32.0 Å². The molecule has 0 aliphatic heterocycles. The van der Waals surface area contributed by atoms with Gasteiger partial charge in [-0.15, -0.1) is 0 Å². The number of anilines is 1. The summed E-state index contributed by atoms with van der Waals surface area (Å²) in [4.78, 5) is 18.0. The van der Waals surface area contributed by atoms with Gasteiger partial charge >= 0.3 is 12.8 Å². The van der Waals surface area contributed by atoms with Gasteiger partial charge in [0.1, 0.15) is 11.6 Å². The number of pyridine rings is 1. The molecule has 0 bridgehead atoms. The van der Waals surface area contributed by atoms with Gasteiger partial charge in [0.2, 0.25) is 0 Å². The molecule has 5 nitrogen and oxygen atoms in total. The van der Waals surface area contributed by atoms with Gasteiger partial charge in [-0.1, -0.05) is 18.2 Å². The molecule has 1 aromatic heterocycles. The molecule has 1 atom stereocenters. The first kappa shape index (κ1) is 26.0. The summed E-state index contributed by atoms with van der Waals surface area (Å²) in [7, 11) is 0. The Hall–Kier alpha value is -3.60. The number of carbonyl (C=O) groups excluding carboxylic acids is 1. The van der Waals surface area contributed by atoms with Gasteiger partial charge in [0.05, 0.1) is 5.56 Å². The van der Waals surface area contributed by atoms with Crippen LogP contribution in [-0.4, -0.2) is 29.2 Å². The number of aryl methyl sites for hydroxylation is 1. The predicted molar refractivity (Wildman–Crippen MR) is 114 cm³/mol. The fourth-order valence-electron chi connectivity index (χ4n) is 3.25. The number of nitrogens with zero attached hydrogens (tertiary/aromatic N) is 2. The fraction of sp³-hybridized carbons (Fsp3) is 0.250. The van der Waals surface area contributed by atoms with Crippen molar-refractivity contribution in [2.45, 2.75) is 32.2 Å². The average molecular weight is 498 g/mol. The summed E-state index contributed by atoms with van der Waals surface area (Å²) in [5.74, 6) is -1.64. The molecule has 0 aliphatic rings. The summed E-state index contributed by atoms with van der Waals surface area (Å²) in [5.41, 5.74) is -0.157. The van der Waals surface area contributed by atoms with Crippen LogP contribution in [-0.2, 0) is 17.4 Å². The van der Waals surface area contributed by atoms with Gasteiger partial charge in [-0.3, -0.25) is 9.78 Å². The molecule has 1 N–H and O–H groups in total. The second-order valence-corrected chi connectivity index (χ2v) is 7.56. The Labute approximate surface area is 196 Å². The summed E-state index contributed by atoms with van der Waals surface area (Å²) in [6.45, 7) is -1.76. The lowest BCUT2D eigenvalue weighted by atomic mass is 10.1. The first-order valence-electron chi connectivity index (χ1n) is 10.3. The molecule has 0 spiro atoms. The van der Waals surface area contributed by atoms with Crippen LogP contribution in [0.2, 0.25) is 0 Å². The van der Waals surface area contributed by atoms with Crippen LogP contribution in [0, 0.1) is 12.7 Å². The standard InChI is InChI=1S/C24H20F6N2O3/c1-14-2-9-19(12-20(14)35-23(26)27)32(22(34)21(33)15-3-6-17(25)7-4-15)11-10-18-8-5-16(13-31-18)24(28,29)30/h2-9,12-13,21,23,33H,10-11H2,1H3/t21-/m0/s1. The van der Waals surface area contributed by atoms with E-state index in [1.165, 1.54) is 37.3 Å². The average Bonchev–Trinajstić information content (AvgIpc) is 2.80. The third-order valence-corrected chi connectivity index (χ3v) is 5.13. The second-order valence-electron chi connectivity index (χ2n) is 7.56. The molecule has 3 rings (SSSR count). The third kappa shape index (κ3) is 6.72. The van der Waals surface area contributed by atoms with Gasteiger partial charge in [0.25, 0.3) is 5.91 Å². The highest BCUT2D eigenvalue weighted by Gasteiger charge is 2.31. The Balaban J connectivity index is 1.90. The van der Waals surface area contributed by atoms with Crippen molar-refractivity contribution in [3.63, 3.8) is 0 Å². The normalized spacial score (nSPS) is 12.5. The molecule has 0 saturated carbocycles. The highest BCUT2D eigenvalue weighted by atomic mass is 19.4. The number of benzene rings is 2. The van der Waals surface area contributed by atoms with E-state index in [0.717, 1.165) is 29.2 Å². The maximum absolute atomic E-state index is 13.2. The fourth-order valence-corrected chi connectivity index (χ4v) is 3.25. The van der Waals surface area contributed by atoms with E-state index in [1.54, 1.807) is 0 Å². The van der Waals surface area contributed by atoms with Crippen molar-refractivity contribution < 1.29 is 41.0 Å². The molecule has 3 aromatic rings. The van der Waals surface area contributed by atoms with Crippen LogP contribution in [0.25, 0.3) is 0 Å². The number of hydrogen-bond donors (Lipinski definition) is 1. The Morgan fingerprint density at radius 2 is 1.77 bits per heavy atom. The number of amides is 1. The van der Waals surface area contributed by atoms with Gasteiger partial charge in [-0.25, -0.2) is 4.39 Å². The lowest BCUT2D eigenvalue weighted by Crippen LogP contribution is -2.37. The highest BCUT2D eigenvalue weighted by molar-refractivity contribution is 5.97. The molecule has 0 aliphatic carbocycles. The lowest BCUT2D eigenvalue weighted by Gasteiger charge is -2.26. The van der Waals surface area contributed by atoms with E-state index in [2.05, 4.69) is 9.72 Å². The van der Waals surface area contributed by atoms with E-state index in [-0.39, 0.29) is 35.7 Å². The van der Waals surface area contributed by atoms with E-state index in [1.807, 2.05) is 0 Å². The minimum Gasteiger partial charge on any atom is -0.434 e. The maximum atomic E-state index is 13.2. The molecule has 1 heterocycles. The van der Waals surface area contributed by atoms with E-state index in [4.69, 9.17) is 0 Å². The third-order valence-electron chi connectivity index (χ3n) is 5.13. The zero-order chi connectivity index (χ0) is 25.8. The van der Waals surface area contributed by atoms with Crippen molar-refractivity contribution in [2.75, 3.05) is 11.4 Å². The van der Waals surface area contributed by atoms with E-state index in [9.17, 15) is 36.2 Å². The summed E-state index contributed by atoms with van der Waals surface area (Å²) in [6.07, 6.45) is -5.64. The molecule has 1 amide bonds. The number of rotatable bonds is 8. The number of alkyl halides is 5. The molecule has 0 unspecified atom stereocenters. The van der Waals surface area contributed by atoms with Gasteiger partial charge in [-0.05, 0) is 48.4 Å². The first-order chi connectivity index (χ1) is 16.5. The number of aliphatic hydroxyl groups excluding tert-OH is 1. The van der Waals surface area contributed by atoms with Crippen molar-refractivity contribution in [3.05, 3.63) is 89.0 Å². The van der Waals surface area contributed by atoms with Crippen molar-refractivity contribution in [2.24, 2.45) is 0 Å². The molecule has 186 valence electrons. The summed E-state index contributed by atoms with van der Waals surface area (Å²) >= 11 is 0. The van der Waals surface area contributed by atoms with Crippen LogP contribution in [0.15, 0.2) is 60.8 Å². The highest BCUT2D eigenvalue weighted by Crippen LogP contribution is 2.30. The minimum atomic E-state index is -4.56. The maximum Gasteiger partial charge on any atom is 0.417 e. The molecular weight excluding hydrogens is 478 g/mol. The minimum absolute atomic E-state index is 0.0150. The van der Waals surface area contributed by atoms with Crippen molar-refractivity contribution in [1.82, 2.24) is 4.98 Å². The topological polar surface area (TPSA) is 62.7 Å². The van der Waals surface area contributed by atoms with Crippen LogP contribution in [0.1, 0.15) is 28.5 Å². The monoisotopic (exact) mass is 498 g/mol. The summed E-state index contributed by atoms with van der Waals surface area (Å²) in [6, 6.07) is 10.6. The van der Waals surface area contributed by atoms with Crippen molar-refractivity contribution in [3.8, 4) is 5.75 Å². The molecular formula is C24H20F6N2O3. The second kappa shape index (κ2) is 10.8. The van der Waals surface area contributed by atoms with Crippen LogP contribution < -0.4 is 9.64 Å². The van der Waals surface area contributed by atoms with Crippen LogP contribution in [0.5, 0.6) is 5.75 Å². The number of halogens is 6. The van der Waals surface area contributed by atoms with Gasteiger partial charge in [0, 0.05) is 36.6 Å². The van der Waals surface area contributed by atoms with Crippen LogP contribution >= 0.6 is 0 Å². The largest absolute Gasteiger partial charge is 0.434 e. The Morgan fingerprint density at radius 3 is 2.34 bits per heavy atom. The zero-order valence-corrected chi connectivity index (χ0v) is 18.3. The Morgan fingerprint density at radius 1 is 1.09 bits per heavy atom. The quantitative estimate of drug-likeness (QED) is 0.419. The number of aliphatic hydroxyl groups is 1. The van der Waals surface area contributed by atoms with Gasteiger partial charge in [-0.2, -0.15) is 22.0 Å². The zero-order valence-electron chi connectivity index (χ0n) is 18.3. The molecule has 0 fully saturated rings. The van der Waals surface area contributed by atoms with E-state index in [0.29, 0.717) is 11.8 Å². The van der Waals surface area contributed by atoms with Crippen LogP contribution in [0.3, 0.4) is 0 Å². The predicted octanol–water partition coefficient (Wildman–Crippen LogP) is 5.46. The Kier molecular flexibility index (Phi) is 8.00. The number of carbonyl (C=O) groups is 1. The molecule has 2 aromatic carbocycles. The molecule has 0 radical (unpaired) electrons. The first-order valence-corrected chi connectivity index (χ1v) is 10.3. The van der Waals surface area contributed by atoms with Gasteiger partial charge < -0.3 is 14.7 Å². The van der Waals surface area contributed by atoms with E-state index < -0.39 is 36.2 Å². The SMILES string of the molecule is Cc1ccc(N(CCc2ccc(C(F)(F)F)cn2)C(=O)[C@@H](O)c2ccc(F)cc2)cc1OC(F)F. The number of aromatic nitrogens is 1. The van der Waals surface area contributed by atoms with E-state index >= 15 is 0 Å². The molecule has 0 saturated heterocycles. The van der Waals surface area contributed by atoms with Gasteiger partial charge in [0.15, 0.2) is 6.10 Å². The Bertz CT molecular complexity index is 1150. The smallest absolute Gasteiger partial charge is 0.417 e. The lowest BCUT2D eigenvalue weighted by molar-refractivity contribution is -0.137.